The number of rotatable bonds is 7. The molecule has 4 rings (SSSR count). The predicted octanol–water partition coefficient (Wildman–Crippen LogP) is 3.75. The molecule has 2 aromatic rings. The highest BCUT2D eigenvalue weighted by molar-refractivity contribution is 6.08. The zero-order valence-corrected chi connectivity index (χ0v) is 21.2. The average molecular weight is 478 g/mol. The Labute approximate surface area is 207 Å². The highest BCUT2D eigenvalue weighted by Crippen LogP contribution is 2.38. The topological polar surface area (TPSA) is 99.6 Å². The Bertz CT molecular complexity index is 1140. The van der Waals surface area contributed by atoms with Gasteiger partial charge in [-0.3, -0.25) is 4.79 Å². The number of hydrogen-bond donors (Lipinski definition) is 3. The van der Waals surface area contributed by atoms with E-state index in [0.717, 1.165) is 53.0 Å². The number of ether oxygens (including phenoxy) is 2. The molecule has 1 saturated heterocycles. The van der Waals surface area contributed by atoms with E-state index < -0.39 is 0 Å². The van der Waals surface area contributed by atoms with Crippen molar-refractivity contribution in [1.29, 1.82) is 5.41 Å². The number of anilines is 1. The molecule has 3 heterocycles. The molecule has 3 N–H and O–H groups in total. The van der Waals surface area contributed by atoms with Gasteiger partial charge in [0.25, 0.3) is 0 Å². The Balaban J connectivity index is 1.51. The Morgan fingerprint density at radius 1 is 1.23 bits per heavy atom. The van der Waals surface area contributed by atoms with Crippen LogP contribution in [0.15, 0.2) is 30.5 Å². The third-order valence-corrected chi connectivity index (χ3v) is 7.22. The summed E-state index contributed by atoms with van der Waals surface area (Å²) in [6.07, 6.45) is 5.88. The van der Waals surface area contributed by atoms with Crippen molar-refractivity contribution in [2.24, 2.45) is 0 Å². The van der Waals surface area contributed by atoms with Gasteiger partial charge in [-0.15, -0.1) is 0 Å². The number of aromatic nitrogens is 1. The average Bonchev–Trinajstić information content (AvgIpc) is 3.28. The summed E-state index contributed by atoms with van der Waals surface area (Å²) in [7, 11) is 5.06. The van der Waals surface area contributed by atoms with Crippen LogP contribution in [0.3, 0.4) is 0 Å². The van der Waals surface area contributed by atoms with Gasteiger partial charge in [0.05, 0.1) is 25.7 Å². The number of fused-ring (bicyclic) bond motifs is 1. The second-order valence-corrected chi connectivity index (χ2v) is 9.44. The number of likely N-dealkylation sites (tertiary alicyclic amines) is 1. The van der Waals surface area contributed by atoms with Crippen molar-refractivity contribution in [3.05, 3.63) is 52.8 Å². The van der Waals surface area contributed by atoms with E-state index in [1.807, 2.05) is 50.2 Å². The molecule has 0 aliphatic carbocycles. The summed E-state index contributed by atoms with van der Waals surface area (Å²) in [6.45, 7) is 5.29. The van der Waals surface area contributed by atoms with Crippen molar-refractivity contribution < 1.29 is 14.3 Å². The summed E-state index contributed by atoms with van der Waals surface area (Å²) < 4.78 is 10.8. The molecule has 8 nitrogen and oxygen atoms in total. The van der Waals surface area contributed by atoms with Crippen LogP contribution in [0.5, 0.6) is 11.5 Å². The van der Waals surface area contributed by atoms with Gasteiger partial charge in [0.2, 0.25) is 5.91 Å². The number of methoxy groups -OCH3 is 2. The van der Waals surface area contributed by atoms with E-state index in [2.05, 4.69) is 16.7 Å². The maximum Gasteiger partial charge on any atom is 0.229 e. The molecule has 186 valence electrons. The number of pyridine rings is 1. The monoisotopic (exact) mass is 477 g/mol. The van der Waals surface area contributed by atoms with Crippen LogP contribution < -0.4 is 20.1 Å². The van der Waals surface area contributed by atoms with E-state index in [-0.39, 0.29) is 17.4 Å². The van der Waals surface area contributed by atoms with Gasteiger partial charge in [0, 0.05) is 55.4 Å². The molecular formula is C27H35N5O3. The summed E-state index contributed by atoms with van der Waals surface area (Å²) in [5.41, 5.74) is 4.53. The number of allylic oxidation sites excluding steroid dienone is 1. The molecule has 0 saturated carbocycles. The molecule has 2 aliphatic heterocycles. The van der Waals surface area contributed by atoms with Gasteiger partial charge < -0.3 is 30.4 Å². The van der Waals surface area contributed by atoms with Crippen molar-refractivity contribution in [3.8, 4) is 11.5 Å². The zero-order valence-electron chi connectivity index (χ0n) is 21.2. The first-order valence-electron chi connectivity index (χ1n) is 12.0. The molecule has 2 aliphatic rings. The number of carbonyl (C=O) groups is 1. The first-order valence-corrected chi connectivity index (χ1v) is 12.0. The highest BCUT2D eigenvalue weighted by Gasteiger charge is 2.43. The Hall–Kier alpha value is -3.55. The van der Waals surface area contributed by atoms with Gasteiger partial charge in [0.15, 0.2) is 0 Å². The number of nitrogens with zero attached hydrogens (tertiary/aromatic N) is 2. The molecule has 1 aromatic carbocycles. The van der Waals surface area contributed by atoms with Crippen LogP contribution in [0.2, 0.25) is 0 Å². The SMILES string of the molecule is CN/C=C(\C=N)c1cc2c(nc1C)N[C@]1(CC2)CCN(C(=O)[C@H](C)c2cc(OC)cc(OC)c2)C1. The Morgan fingerprint density at radius 2 is 1.94 bits per heavy atom. The van der Waals surface area contributed by atoms with E-state index in [1.165, 1.54) is 6.21 Å². The number of aryl methyl sites for hydroxylation is 2. The molecule has 1 spiro atoms. The molecule has 8 heteroatoms. The lowest BCUT2D eigenvalue weighted by molar-refractivity contribution is -0.131. The van der Waals surface area contributed by atoms with E-state index in [9.17, 15) is 4.79 Å². The smallest absolute Gasteiger partial charge is 0.229 e. The first-order chi connectivity index (χ1) is 16.8. The minimum atomic E-state index is -0.300. The number of benzene rings is 1. The summed E-state index contributed by atoms with van der Waals surface area (Å²) in [5.74, 6) is 2.06. The molecule has 0 radical (unpaired) electrons. The molecule has 35 heavy (non-hydrogen) atoms. The second kappa shape index (κ2) is 9.98. The number of hydrogen-bond acceptors (Lipinski definition) is 7. The molecular weight excluding hydrogens is 442 g/mol. The maximum absolute atomic E-state index is 13.5. The number of carbonyl (C=O) groups excluding carboxylic acids is 1. The summed E-state index contributed by atoms with van der Waals surface area (Å²) in [4.78, 5) is 20.3. The second-order valence-electron chi connectivity index (χ2n) is 9.44. The van der Waals surface area contributed by atoms with Crippen molar-refractivity contribution in [3.63, 3.8) is 0 Å². The van der Waals surface area contributed by atoms with Gasteiger partial charge in [-0.1, -0.05) is 0 Å². The zero-order chi connectivity index (χ0) is 25.2. The van der Waals surface area contributed by atoms with E-state index in [0.29, 0.717) is 24.6 Å². The lowest BCUT2D eigenvalue weighted by Gasteiger charge is -2.36. The van der Waals surface area contributed by atoms with Crippen LogP contribution in [-0.4, -0.2) is 61.9 Å². The van der Waals surface area contributed by atoms with Crippen LogP contribution in [-0.2, 0) is 11.2 Å². The summed E-state index contributed by atoms with van der Waals surface area (Å²) in [5, 5.41) is 14.4. The standard InChI is InChI=1S/C27H35N5O3/c1-17(20-10-22(34-4)13-23(11-20)35-5)26(33)32-9-8-27(16-32)7-6-19-12-24(21(14-28)15-29-3)18(2)30-25(19)31-27/h10-15,17,28-29H,6-9,16H2,1-5H3,(H,30,31)/b21-15+,28-14?/t17-,27-/m1/s1. The lowest BCUT2D eigenvalue weighted by atomic mass is 9.86. The van der Waals surface area contributed by atoms with Crippen LogP contribution in [0.4, 0.5) is 5.82 Å². The molecule has 2 atom stereocenters. The molecule has 0 bridgehead atoms. The largest absolute Gasteiger partial charge is 0.497 e. The van der Waals surface area contributed by atoms with Crippen molar-refractivity contribution >= 4 is 23.5 Å². The molecule has 1 aromatic heterocycles. The van der Waals surface area contributed by atoms with Gasteiger partial charge in [-0.2, -0.15) is 0 Å². The van der Waals surface area contributed by atoms with Crippen molar-refractivity contribution in [2.75, 3.05) is 39.7 Å². The normalized spacial score (nSPS) is 20.1. The van der Waals surface area contributed by atoms with Crippen LogP contribution in [0.1, 0.15) is 48.1 Å². The predicted molar refractivity (Wildman–Crippen MR) is 139 cm³/mol. The molecule has 1 amide bonds. The first kappa shape index (κ1) is 24.6. The minimum Gasteiger partial charge on any atom is -0.497 e. The molecule has 0 unspecified atom stereocenters. The lowest BCUT2D eigenvalue weighted by Crippen LogP contribution is -2.46. The van der Waals surface area contributed by atoms with Gasteiger partial charge in [0.1, 0.15) is 17.3 Å². The van der Waals surface area contributed by atoms with Crippen LogP contribution in [0.25, 0.3) is 5.57 Å². The van der Waals surface area contributed by atoms with Crippen LogP contribution in [0, 0.1) is 12.3 Å². The summed E-state index contributed by atoms with van der Waals surface area (Å²) in [6, 6.07) is 7.76. The Morgan fingerprint density at radius 3 is 2.57 bits per heavy atom. The third-order valence-electron chi connectivity index (χ3n) is 7.22. The minimum absolute atomic E-state index is 0.108. The van der Waals surface area contributed by atoms with Gasteiger partial charge >= 0.3 is 0 Å². The Kier molecular flexibility index (Phi) is 7.00. The number of amides is 1. The highest BCUT2D eigenvalue weighted by atomic mass is 16.5. The fraction of sp³-hybridized carbons (Fsp3) is 0.444. The third kappa shape index (κ3) is 4.83. The maximum atomic E-state index is 13.5. The van der Waals surface area contributed by atoms with Crippen molar-refractivity contribution in [2.45, 2.75) is 44.6 Å². The fourth-order valence-electron chi connectivity index (χ4n) is 5.14. The quantitative estimate of drug-likeness (QED) is 0.526. The van der Waals surface area contributed by atoms with Gasteiger partial charge in [-0.05, 0) is 62.4 Å². The summed E-state index contributed by atoms with van der Waals surface area (Å²) >= 11 is 0. The number of nitrogens with one attached hydrogen (secondary N) is 3. The van der Waals surface area contributed by atoms with Crippen molar-refractivity contribution in [1.82, 2.24) is 15.2 Å². The van der Waals surface area contributed by atoms with Crippen LogP contribution >= 0.6 is 0 Å². The van der Waals surface area contributed by atoms with E-state index in [4.69, 9.17) is 19.9 Å². The fourth-order valence-corrected chi connectivity index (χ4v) is 5.14. The van der Waals surface area contributed by atoms with Gasteiger partial charge in [-0.25, -0.2) is 4.98 Å². The van der Waals surface area contributed by atoms with E-state index >= 15 is 0 Å². The van der Waals surface area contributed by atoms with E-state index in [1.54, 1.807) is 14.2 Å². The molecule has 1 fully saturated rings.